The summed E-state index contributed by atoms with van der Waals surface area (Å²) >= 11 is 6.29. The van der Waals surface area contributed by atoms with E-state index >= 15 is 0 Å². The maximum atomic E-state index is 6.29. The molecular weight excluding hydrogens is 338 g/mol. The number of nitrogens with one attached hydrogen (secondary N) is 2. The van der Waals surface area contributed by atoms with Crippen molar-refractivity contribution in [3.05, 3.63) is 46.9 Å². The molecule has 0 spiro atoms. The third-order valence-corrected chi connectivity index (χ3v) is 4.33. The summed E-state index contributed by atoms with van der Waals surface area (Å²) in [5.41, 5.74) is 7.31. The van der Waals surface area contributed by atoms with E-state index < -0.39 is 0 Å². The molecule has 128 valence electrons. The van der Waals surface area contributed by atoms with Gasteiger partial charge in [-0.3, -0.25) is 5.10 Å². The molecule has 0 bridgehead atoms. The summed E-state index contributed by atoms with van der Waals surface area (Å²) in [6.07, 6.45) is 2.98. The molecule has 4 N–H and O–H groups in total. The van der Waals surface area contributed by atoms with E-state index in [1.165, 1.54) is 12.8 Å². The van der Waals surface area contributed by atoms with Crippen molar-refractivity contribution in [3.8, 4) is 11.4 Å². The highest BCUT2D eigenvalue weighted by Gasteiger charge is 2.27. The number of nitrogens with two attached hydrogens (primary N) is 1. The topological polar surface area (TPSA) is 105 Å². The van der Waals surface area contributed by atoms with E-state index in [-0.39, 0.29) is 0 Å². The summed E-state index contributed by atoms with van der Waals surface area (Å²) in [6.45, 7) is 0.505. The summed E-state index contributed by atoms with van der Waals surface area (Å²) in [5, 5.41) is 10.9. The first-order chi connectivity index (χ1) is 12.2. The lowest BCUT2D eigenvalue weighted by Gasteiger charge is -2.09. The Morgan fingerprint density at radius 3 is 2.80 bits per heavy atom. The number of rotatable bonds is 6. The molecule has 0 unspecified atom stereocenters. The number of hydrogen-bond acceptors (Lipinski definition) is 6. The maximum Gasteiger partial charge on any atom is 0.247 e. The van der Waals surface area contributed by atoms with Gasteiger partial charge in [0.15, 0.2) is 5.82 Å². The van der Waals surface area contributed by atoms with E-state index in [2.05, 4.69) is 30.5 Å². The predicted molar refractivity (Wildman–Crippen MR) is 96.9 cm³/mol. The van der Waals surface area contributed by atoms with Crippen LogP contribution in [0.2, 0.25) is 5.02 Å². The summed E-state index contributed by atoms with van der Waals surface area (Å²) in [5.74, 6) is 3.11. The van der Waals surface area contributed by atoms with Gasteiger partial charge in [-0.25, -0.2) is 9.97 Å². The Bertz CT molecular complexity index is 888. The zero-order chi connectivity index (χ0) is 17.2. The summed E-state index contributed by atoms with van der Waals surface area (Å²) in [7, 11) is 0. The average molecular weight is 356 g/mol. The molecule has 4 rings (SSSR count). The Labute approximate surface area is 150 Å². The molecule has 3 aromatic rings. The Kier molecular flexibility index (Phi) is 4.33. The van der Waals surface area contributed by atoms with Crippen molar-refractivity contribution in [1.29, 1.82) is 0 Å². The van der Waals surface area contributed by atoms with Crippen LogP contribution in [0, 0.1) is 0 Å². The first-order valence-electron chi connectivity index (χ1n) is 8.25. The van der Waals surface area contributed by atoms with Crippen LogP contribution in [0.1, 0.15) is 30.3 Å². The van der Waals surface area contributed by atoms with Crippen molar-refractivity contribution >= 4 is 23.4 Å². The molecule has 1 aliphatic rings. The van der Waals surface area contributed by atoms with Crippen LogP contribution in [-0.4, -0.2) is 31.7 Å². The van der Waals surface area contributed by atoms with Crippen molar-refractivity contribution in [2.45, 2.75) is 25.2 Å². The minimum Gasteiger partial charge on any atom is -0.330 e. The van der Waals surface area contributed by atoms with Crippen LogP contribution in [-0.2, 0) is 6.42 Å². The molecule has 1 aromatic carbocycles. The van der Waals surface area contributed by atoms with E-state index in [1.807, 2.05) is 30.3 Å². The maximum absolute atomic E-state index is 6.29. The molecule has 25 heavy (non-hydrogen) atoms. The second kappa shape index (κ2) is 6.78. The molecule has 7 nitrogen and oxygen atoms in total. The largest absolute Gasteiger partial charge is 0.330 e. The van der Waals surface area contributed by atoms with Crippen LogP contribution in [0.3, 0.4) is 0 Å². The van der Waals surface area contributed by atoms with Crippen molar-refractivity contribution in [2.24, 2.45) is 5.73 Å². The second-order valence-corrected chi connectivity index (χ2v) is 6.44. The minimum absolute atomic E-state index is 0.504. The number of aromatic nitrogens is 5. The van der Waals surface area contributed by atoms with Crippen LogP contribution in [0.25, 0.3) is 11.4 Å². The van der Waals surface area contributed by atoms with Gasteiger partial charge in [-0.15, -0.1) is 5.10 Å². The van der Waals surface area contributed by atoms with Gasteiger partial charge < -0.3 is 11.1 Å². The molecule has 1 aliphatic carbocycles. The SMILES string of the molecule is NCCc1cc(Nc2n[nH]c(C3CC3)n2)nc(-c2ccccc2Cl)n1. The van der Waals surface area contributed by atoms with E-state index in [0.29, 0.717) is 41.5 Å². The highest BCUT2D eigenvalue weighted by molar-refractivity contribution is 6.33. The number of halogens is 1. The molecule has 0 aliphatic heterocycles. The molecule has 0 radical (unpaired) electrons. The zero-order valence-corrected chi connectivity index (χ0v) is 14.3. The lowest BCUT2D eigenvalue weighted by molar-refractivity contribution is 0.914. The smallest absolute Gasteiger partial charge is 0.247 e. The summed E-state index contributed by atoms with van der Waals surface area (Å²) in [4.78, 5) is 13.6. The van der Waals surface area contributed by atoms with Crippen molar-refractivity contribution < 1.29 is 0 Å². The van der Waals surface area contributed by atoms with E-state index in [9.17, 15) is 0 Å². The number of aromatic amines is 1. The molecule has 2 aromatic heterocycles. The monoisotopic (exact) mass is 355 g/mol. The van der Waals surface area contributed by atoms with Crippen molar-refractivity contribution in [3.63, 3.8) is 0 Å². The fourth-order valence-electron chi connectivity index (χ4n) is 2.58. The summed E-state index contributed by atoms with van der Waals surface area (Å²) < 4.78 is 0. The Balaban J connectivity index is 1.67. The first kappa shape index (κ1) is 16.0. The standard InChI is InChI=1S/C17H18ClN7/c18-13-4-2-1-3-12(13)16-20-11(7-8-19)9-14(21-16)22-17-23-15(24-25-17)10-5-6-10/h1-4,9-10H,5-8,19H2,(H2,20,21,22,23,24,25). The highest BCUT2D eigenvalue weighted by atomic mass is 35.5. The number of anilines is 2. The van der Waals surface area contributed by atoms with Crippen LogP contribution in [0.4, 0.5) is 11.8 Å². The number of H-pyrrole nitrogens is 1. The normalized spacial score (nSPS) is 13.8. The van der Waals surface area contributed by atoms with E-state index in [1.54, 1.807) is 0 Å². The van der Waals surface area contributed by atoms with Gasteiger partial charge in [0.25, 0.3) is 0 Å². The average Bonchev–Trinajstić information content (AvgIpc) is 3.35. The lowest BCUT2D eigenvalue weighted by Crippen LogP contribution is -2.07. The van der Waals surface area contributed by atoms with Gasteiger partial charge in [-0.05, 0) is 31.5 Å². The fourth-order valence-corrected chi connectivity index (χ4v) is 2.80. The third-order valence-electron chi connectivity index (χ3n) is 4.00. The van der Waals surface area contributed by atoms with Gasteiger partial charge in [-0.2, -0.15) is 4.98 Å². The van der Waals surface area contributed by atoms with Crippen LogP contribution >= 0.6 is 11.6 Å². The minimum atomic E-state index is 0.504. The van der Waals surface area contributed by atoms with Gasteiger partial charge in [0.2, 0.25) is 5.95 Å². The Morgan fingerprint density at radius 1 is 1.20 bits per heavy atom. The van der Waals surface area contributed by atoms with Crippen LogP contribution < -0.4 is 11.1 Å². The number of hydrogen-bond donors (Lipinski definition) is 3. The second-order valence-electron chi connectivity index (χ2n) is 6.03. The van der Waals surface area contributed by atoms with Crippen LogP contribution in [0.15, 0.2) is 30.3 Å². The van der Waals surface area contributed by atoms with Crippen molar-refractivity contribution in [1.82, 2.24) is 25.1 Å². The molecule has 0 saturated heterocycles. The van der Waals surface area contributed by atoms with E-state index in [0.717, 1.165) is 17.1 Å². The lowest BCUT2D eigenvalue weighted by atomic mass is 10.2. The molecule has 0 amide bonds. The Morgan fingerprint density at radius 2 is 2.04 bits per heavy atom. The van der Waals surface area contributed by atoms with Crippen molar-refractivity contribution in [2.75, 3.05) is 11.9 Å². The highest BCUT2D eigenvalue weighted by Crippen LogP contribution is 2.38. The molecule has 2 heterocycles. The third kappa shape index (κ3) is 3.62. The first-order valence-corrected chi connectivity index (χ1v) is 8.63. The summed E-state index contributed by atoms with van der Waals surface area (Å²) in [6, 6.07) is 9.36. The molecular formula is C17H18ClN7. The molecule has 0 atom stereocenters. The Hall–Kier alpha value is -2.51. The quantitative estimate of drug-likeness (QED) is 0.627. The molecule has 1 saturated carbocycles. The van der Waals surface area contributed by atoms with Gasteiger partial charge in [0, 0.05) is 29.7 Å². The van der Waals surface area contributed by atoms with Gasteiger partial charge in [0.05, 0.1) is 5.02 Å². The number of nitrogens with zero attached hydrogens (tertiary/aromatic N) is 4. The zero-order valence-electron chi connectivity index (χ0n) is 13.5. The van der Waals surface area contributed by atoms with Gasteiger partial charge >= 0.3 is 0 Å². The predicted octanol–water partition coefficient (Wildman–Crippen LogP) is 3.04. The number of benzene rings is 1. The van der Waals surface area contributed by atoms with Gasteiger partial charge in [-0.1, -0.05) is 23.7 Å². The molecule has 1 fully saturated rings. The van der Waals surface area contributed by atoms with E-state index in [4.69, 9.17) is 17.3 Å². The van der Waals surface area contributed by atoms with Gasteiger partial charge in [0.1, 0.15) is 11.6 Å². The molecule has 8 heteroatoms. The fraction of sp³-hybridized carbons (Fsp3) is 0.294. The van der Waals surface area contributed by atoms with Crippen LogP contribution in [0.5, 0.6) is 0 Å².